The summed E-state index contributed by atoms with van der Waals surface area (Å²) in [4.78, 5) is 25.1. The zero-order chi connectivity index (χ0) is 19.3. The minimum absolute atomic E-state index is 0.185. The third-order valence-electron chi connectivity index (χ3n) is 3.37. The molecule has 0 fully saturated rings. The summed E-state index contributed by atoms with van der Waals surface area (Å²) >= 11 is 0. The van der Waals surface area contributed by atoms with Gasteiger partial charge in [0.05, 0.1) is 5.56 Å². The van der Waals surface area contributed by atoms with Crippen LogP contribution in [0.25, 0.3) is 0 Å². The molecule has 1 N–H and O–H groups in total. The molecule has 5 nitrogen and oxygen atoms in total. The lowest BCUT2D eigenvalue weighted by atomic mass is 10.2. The maximum Gasteiger partial charge on any atom is 0.419 e. The predicted octanol–water partition coefficient (Wildman–Crippen LogP) is 3.42. The molecule has 0 aliphatic rings. The molecule has 26 heavy (non-hydrogen) atoms. The molecule has 2 aromatic rings. The molecule has 0 atom stereocenters. The van der Waals surface area contributed by atoms with E-state index < -0.39 is 30.0 Å². The SMILES string of the molecule is CN(C)C(=O)c1ccc(NC(=O)COc2ccccc2C(F)(F)F)cc1. The zero-order valence-electron chi connectivity index (χ0n) is 14.1. The van der Waals surface area contributed by atoms with E-state index in [2.05, 4.69) is 5.32 Å². The Kier molecular flexibility index (Phi) is 5.86. The fraction of sp³-hybridized carbons (Fsp3) is 0.222. The van der Waals surface area contributed by atoms with E-state index in [9.17, 15) is 22.8 Å². The first-order valence-corrected chi connectivity index (χ1v) is 7.59. The number of nitrogens with one attached hydrogen (secondary N) is 1. The third-order valence-corrected chi connectivity index (χ3v) is 3.37. The van der Waals surface area contributed by atoms with E-state index in [0.717, 1.165) is 12.1 Å². The molecule has 0 saturated heterocycles. The normalized spacial score (nSPS) is 11.0. The van der Waals surface area contributed by atoms with Crippen LogP contribution >= 0.6 is 0 Å². The molecule has 0 radical (unpaired) electrons. The van der Waals surface area contributed by atoms with Gasteiger partial charge in [0.2, 0.25) is 0 Å². The number of anilines is 1. The Morgan fingerprint density at radius 1 is 1.04 bits per heavy atom. The van der Waals surface area contributed by atoms with Crippen molar-refractivity contribution in [3.8, 4) is 5.75 Å². The second-order valence-electron chi connectivity index (χ2n) is 5.61. The zero-order valence-corrected chi connectivity index (χ0v) is 14.1. The van der Waals surface area contributed by atoms with Gasteiger partial charge in [0.25, 0.3) is 11.8 Å². The number of carbonyl (C=O) groups excluding carboxylic acids is 2. The largest absolute Gasteiger partial charge is 0.483 e. The van der Waals surface area contributed by atoms with E-state index >= 15 is 0 Å². The molecule has 0 heterocycles. The summed E-state index contributed by atoms with van der Waals surface area (Å²) in [5, 5.41) is 2.50. The molecule has 2 amide bonds. The summed E-state index contributed by atoms with van der Waals surface area (Å²) in [6.07, 6.45) is -4.57. The molecule has 8 heteroatoms. The fourth-order valence-corrected chi connectivity index (χ4v) is 2.12. The van der Waals surface area contributed by atoms with Crippen molar-refractivity contribution in [1.29, 1.82) is 0 Å². The van der Waals surface area contributed by atoms with Gasteiger partial charge < -0.3 is 15.0 Å². The number of benzene rings is 2. The van der Waals surface area contributed by atoms with Crippen molar-refractivity contribution in [1.82, 2.24) is 4.90 Å². The summed E-state index contributed by atoms with van der Waals surface area (Å²) in [7, 11) is 3.24. The second kappa shape index (κ2) is 7.90. The molecule has 0 saturated carbocycles. The average molecular weight is 366 g/mol. The number of carbonyl (C=O) groups is 2. The van der Waals surface area contributed by atoms with Gasteiger partial charge in [-0.25, -0.2) is 0 Å². The number of ether oxygens (including phenoxy) is 1. The van der Waals surface area contributed by atoms with E-state index in [-0.39, 0.29) is 5.91 Å². The van der Waals surface area contributed by atoms with Gasteiger partial charge in [-0.2, -0.15) is 13.2 Å². The maximum atomic E-state index is 12.9. The Balaban J connectivity index is 1.97. The van der Waals surface area contributed by atoms with Gasteiger partial charge in [-0.15, -0.1) is 0 Å². The van der Waals surface area contributed by atoms with Crippen LogP contribution in [-0.2, 0) is 11.0 Å². The topological polar surface area (TPSA) is 58.6 Å². The lowest BCUT2D eigenvalue weighted by molar-refractivity contribution is -0.139. The standard InChI is InChI=1S/C18H17F3N2O3/c1-23(2)17(25)12-7-9-13(10-8-12)22-16(24)11-26-15-6-4-3-5-14(15)18(19,20)21/h3-10H,11H2,1-2H3,(H,22,24). The highest BCUT2D eigenvalue weighted by atomic mass is 19.4. The first kappa shape index (κ1) is 19.3. The summed E-state index contributed by atoms with van der Waals surface area (Å²) in [5.74, 6) is -1.22. The minimum Gasteiger partial charge on any atom is -0.483 e. The number of amides is 2. The van der Waals surface area contributed by atoms with E-state index in [0.29, 0.717) is 11.3 Å². The Hall–Kier alpha value is -3.03. The van der Waals surface area contributed by atoms with Crippen LogP contribution in [0.5, 0.6) is 5.75 Å². The van der Waals surface area contributed by atoms with Gasteiger partial charge in [0, 0.05) is 25.3 Å². The first-order chi connectivity index (χ1) is 12.2. The minimum atomic E-state index is -4.57. The first-order valence-electron chi connectivity index (χ1n) is 7.59. The van der Waals surface area contributed by atoms with Crippen molar-refractivity contribution in [3.05, 3.63) is 59.7 Å². The second-order valence-corrected chi connectivity index (χ2v) is 5.61. The van der Waals surface area contributed by atoms with Crippen molar-refractivity contribution in [2.75, 3.05) is 26.0 Å². The van der Waals surface area contributed by atoms with Crippen LogP contribution in [0.15, 0.2) is 48.5 Å². The number of alkyl halides is 3. The lowest BCUT2D eigenvalue weighted by Gasteiger charge is -2.14. The van der Waals surface area contributed by atoms with Crippen LogP contribution < -0.4 is 10.1 Å². The van der Waals surface area contributed by atoms with E-state index in [4.69, 9.17) is 4.74 Å². The maximum absolute atomic E-state index is 12.9. The Morgan fingerprint density at radius 3 is 2.23 bits per heavy atom. The van der Waals surface area contributed by atoms with E-state index in [1.54, 1.807) is 14.1 Å². The quantitative estimate of drug-likeness (QED) is 0.882. The molecule has 0 aromatic heterocycles. The average Bonchev–Trinajstić information content (AvgIpc) is 2.59. The van der Waals surface area contributed by atoms with E-state index in [1.165, 1.54) is 41.3 Å². The van der Waals surface area contributed by atoms with Crippen LogP contribution in [-0.4, -0.2) is 37.4 Å². The fourth-order valence-electron chi connectivity index (χ4n) is 2.12. The summed E-state index contributed by atoms with van der Waals surface area (Å²) in [6.45, 7) is -0.578. The Morgan fingerprint density at radius 2 is 1.65 bits per heavy atom. The van der Waals surface area contributed by atoms with Gasteiger partial charge >= 0.3 is 6.18 Å². The highest BCUT2D eigenvalue weighted by molar-refractivity contribution is 5.95. The number of halogens is 3. The highest BCUT2D eigenvalue weighted by Gasteiger charge is 2.34. The summed E-state index contributed by atoms with van der Waals surface area (Å²) < 4.78 is 43.6. The van der Waals surface area contributed by atoms with Gasteiger partial charge in [0.15, 0.2) is 6.61 Å². The number of rotatable bonds is 5. The number of hydrogen-bond donors (Lipinski definition) is 1. The lowest BCUT2D eigenvalue weighted by Crippen LogP contribution is -2.22. The van der Waals surface area contributed by atoms with Crippen LogP contribution in [0, 0.1) is 0 Å². The summed E-state index contributed by atoms with van der Waals surface area (Å²) in [6, 6.07) is 10.8. The highest BCUT2D eigenvalue weighted by Crippen LogP contribution is 2.35. The molecule has 0 spiro atoms. The Labute approximate surface area is 148 Å². The molecule has 0 unspecified atom stereocenters. The van der Waals surface area contributed by atoms with E-state index in [1.807, 2.05) is 0 Å². The number of hydrogen-bond acceptors (Lipinski definition) is 3. The molecular formula is C18H17F3N2O3. The van der Waals surface area contributed by atoms with Crippen LogP contribution in [0.1, 0.15) is 15.9 Å². The van der Waals surface area contributed by atoms with Crippen molar-refractivity contribution < 1.29 is 27.5 Å². The monoisotopic (exact) mass is 366 g/mol. The molecule has 2 rings (SSSR count). The van der Waals surface area contributed by atoms with Crippen molar-refractivity contribution in [2.24, 2.45) is 0 Å². The number of para-hydroxylation sites is 1. The van der Waals surface area contributed by atoms with Crippen LogP contribution in [0.2, 0.25) is 0 Å². The van der Waals surface area contributed by atoms with Crippen molar-refractivity contribution >= 4 is 17.5 Å². The molecule has 2 aromatic carbocycles. The molecule has 0 aliphatic heterocycles. The molecule has 0 aliphatic carbocycles. The van der Waals surface area contributed by atoms with Crippen molar-refractivity contribution in [3.63, 3.8) is 0 Å². The van der Waals surface area contributed by atoms with Gasteiger partial charge in [-0.05, 0) is 36.4 Å². The molecule has 0 bridgehead atoms. The predicted molar refractivity (Wildman–Crippen MR) is 90.0 cm³/mol. The molecule has 138 valence electrons. The van der Waals surface area contributed by atoms with Crippen molar-refractivity contribution in [2.45, 2.75) is 6.18 Å². The molecular weight excluding hydrogens is 349 g/mol. The number of nitrogens with zero attached hydrogens (tertiary/aromatic N) is 1. The smallest absolute Gasteiger partial charge is 0.419 e. The van der Waals surface area contributed by atoms with Gasteiger partial charge in [-0.1, -0.05) is 12.1 Å². The van der Waals surface area contributed by atoms with Gasteiger partial charge in [-0.3, -0.25) is 9.59 Å². The van der Waals surface area contributed by atoms with Crippen LogP contribution in [0.4, 0.5) is 18.9 Å². The van der Waals surface area contributed by atoms with Crippen LogP contribution in [0.3, 0.4) is 0 Å². The Bertz CT molecular complexity index is 787. The van der Waals surface area contributed by atoms with Gasteiger partial charge in [0.1, 0.15) is 5.75 Å². The third kappa shape index (κ3) is 4.98. The summed E-state index contributed by atoms with van der Waals surface area (Å²) in [5.41, 5.74) is -0.0966.